The zero-order chi connectivity index (χ0) is 24.8. The van der Waals surface area contributed by atoms with Crippen molar-refractivity contribution in [3.8, 4) is 17.2 Å². The van der Waals surface area contributed by atoms with Crippen molar-refractivity contribution < 1.29 is 9.59 Å². The quantitative estimate of drug-likeness (QED) is 0.273. The first-order valence-electron chi connectivity index (χ1n) is 10.9. The van der Waals surface area contributed by atoms with Crippen molar-refractivity contribution in [1.29, 1.82) is 5.26 Å². The maximum Gasteiger partial charge on any atom is 0.255 e. The molecule has 35 heavy (non-hydrogen) atoms. The van der Waals surface area contributed by atoms with E-state index >= 15 is 0 Å². The number of hydrogen-bond acceptors (Lipinski definition) is 5. The lowest BCUT2D eigenvalue weighted by atomic mass is 10.0. The van der Waals surface area contributed by atoms with E-state index in [1.807, 2.05) is 86.0 Å². The van der Waals surface area contributed by atoms with Gasteiger partial charge in [0.1, 0.15) is 11.1 Å². The average molecular weight is 498 g/mol. The highest BCUT2D eigenvalue weighted by molar-refractivity contribution is 8.00. The molecule has 7 heteroatoms. The topological polar surface area (TPSA) is 82.0 Å². The van der Waals surface area contributed by atoms with Crippen molar-refractivity contribution in [3.05, 3.63) is 100 Å². The smallest absolute Gasteiger partial charge is 0.255 e. The van der Waals surface area contributed by atoms with E-state index in [0.29, 0.717) is 21.8 Å². The lowest BCUT2D eigenvalue weighted by Gasteiger charge is -2.08. The number of hydrogen-bond donors (Lipinski definition) is 2. The fraction of sp³-hybridized carbons (Fsp3) is 0.107. The monoisotopic (exact) mass is 497 g/mol. The molecule has 5 nitrogen and oxygen atoms in total. The van der Waals surface area contributed by atoms with Crippen molar-refractivity contribution >= 4 is 45.6 Å². The van der Waals surface area contributed by atoms with Crippen LogP contribution >= 0.6 is 23.1 Å². The molecule has 0 saturated carbocycles. The summed E-state index contributed by atoms with van der Waals surface area (Å²) in [5.41, 5.74) is 5.65. The van der Waals surface area contributed by atoms with Gasteiger partial charge in [0.05, 0.1) is 11.3 Å². The number of benzene rings is 3. The van der Waals surface area contributed by atoms with E-state index < -0.39 is 0 Å². The zero-order valence-corrected chi connectivity index (χ0v) is 20.9. The van der Waals surface area contributed by atoms with E-state index in [9.17, 15) is 14.9 Å². The van der Waals surface area contributed by atoms with Crippen LogP contribution in [0.3, 0.4) is 0 Å². The van der Waals surface area contributed by atoms with Crippen LogP contribution in [0.5, 0.6) is 0 Å². The van der Waals surface area contributed by atoms with Crippen molar-refractivity contribution in [2.45, 2.75) is 18.7 Å². The highest BCUT2D eigenvalue weighted by Crippen LogP contribution is 2.35. The number of nitriles is 1. The van der Waals surface area contributed by atoms with Gasteiger partial charge < -0.3 is 10.6 Å². The van der Waals surface area contributed by atoms with E-state index in [2.05, 4.69) is 16.7 Å². The summed E-state index contributed by atoms with van der Waals surface area (Å²) in [6.45, 7) is 3.96. The summed E-state index contributed by atoms with van der Waals surface area (Å²) in [5, 5.41) is 17.9. The van der Waals surface area contributed by atoms with Crippen LogP contribution in [0.25, 0.3) is 11.1 Å². The largest absolute Gasteiger partial charge is 0.322 e. The number of anilines is 2. The van der Waals surface area contributed by atoms with Crippen LogP contribution in [0.1, 0.15) is 27.0 Å². The van der Waals surface area contributed by atoms with Crippen LogP contribution in [0.4, 0.5) is 10.7 Å². The molecule has 0 bridgehead atoms. The second kappa shape index (κ2) is 11.0. The van der Waals surface area contributed by atoms with Gasteiger partial charge in [0.2, 0.25) is 5.91 Å². The molecule has 0 atom stereocenters. The van der Waals surface area contributed by atoms with Gasteiger partial charge in [0.25, 0.3) is 5.91 Å². The zero-order valence-electron chi connectivity index (χ0n) is 19.3. The Bertz CT molecular complexity index is 1420. The van der Waals surface area contributed by atoms with E-state index in [1.165, 1.54) is 23.1 Å². The third-order valence-electron chi connectivity index (χ3n) is 5.26. The molecule has 0 aliphatic heterocycles. The molecule has 1 heterocycles. The molecule has 174 valence electrons. The van der Waals surface area contributed by atoms with E-state index in [0.717, 1.165) is 27.1 Å². The molecule has 4 rings (SSSR count). The molecule has 0 aliphatic carbocycles. The first-order valence-corrected chi connectivity index (χ1v) is 12.8. The Hall–Kier alpha value is -3.86. The lowest BCUT2D eigenvalue weighted by molar-refractivity contribution is -0.113. The molecule has 0 fully saturated rings. The molecular formula is C28H23N3O2S2. The van der Waals surface area contributed by atoms with Crippen molar-refractivity contribution in [1.82, 2.24) is 0 Å². The average Bonchev–Trinajstić information content (AvgIpc) is 3.25. The van der Waals surface area contributed by atoms with Gasteiger partial charge in [0.15, 0.2) is 0 Å². The highest BCUT2D eigenvalue weighted by Gasteiger charge is 2.16. The molecule has 2 amide bonds. The molecule has 4 aromatic rings. The number of carbonyl (C=O) groups is 2. The van der Waals surface area contributed by atoms with Gasteiger partial charge in [0, 0.05) is 27.1 Å². The van der Waals surface area contributed by atoms with Gasteiger partial charge in [-0.2, -0.15) is 5.26 Å². The Balaban J connectivity index is 1.37. The van der Waals surface area contributed by atoms with E-state index in [4.69, 9.17) is 0 Å². The third-order valence-corrected chi connectivity index (χ3v) is 7.15. The molecule has 0 aliphatic rings. The summed E-state index contributed by atoms with van der Waals surface area (Å²) < 4.78 is 0. The predicted octanol–water partition coefficient (Wildman–Crippen LogP) is 6.89. The minimum absolute atomic E-state index is 0.178. The van der Waals surface area contributed by atoms with Gasteiger partial charge in [-0.1, -0.05) is 53.6 Å². The maximum atomic E-state index is 12.6. The number of carbonyl (C=O) groups excluding carboxylic acids is 2. The van der Waals surface area contributed by atoms with Crippen LogP contribution in [0, 0.1) is 25.2 Å². The number of aryl methyl sites for hydroxylation is 2. The summed E-state index contributed by atoms with van der Waals surface area (Å²) in [6, 6.07) is 25.0. The maximum absolute atomic E-state index is 12.6. The molecule has 1 aromatic heterocycles. The number of thioether (sulfide) groups is 1. The van der Waals surface area contributed by atoms with Gasteiger partial charge >= 0.3 is 0 Å². The molecule has 3 aromatic carbocycles. The minimum Gasteiger partial charge on any atom is -0.322 e. The second-order valence-electron chi connectivity index (χ2n) is 8.02. The molecule has 0 radical (unpaired) electrons. The fourth-order valence-electron chi connectivity index (χ4n) is 3.47. The Morgan fingerprint density at radius 1 is 0.943 bits per heavy atom. The first kappa shape index (κ1) is 24.3. The summed E-state index contributed by atoms with van der Waals surface area (Å²) in [7, 11) is 0. The molecular weight excluding hydrogens is 474 g/mol. The van der Waals surface area contributed by atoms with Gasteiger partial charge in [-0.05, 0) is 49.7 Å². The van der Waals surface area contributed by atoms with Gasteiger partial charge in [-0.25, -0.2) is 0 Å². The fourth-order valence-corrected chi connectivity index (χ4v) is 5.16. The van der Waals surface area contributed by atoms with Gasteiger partial charge in [-0.15, -0.1) is 23.1 Å². The Morgan fingerprint density at radius 2 is 1.71 bits per heavy atom. The third kappa shape index (κ3) is 6.18. The standard InChI is InChI=1S/C28H23N3O2S2/c1-18-9-11-20(12-10-18)25-16-35-28(24(25)15-29)31-26(32)17-34-23-8-4-7-22(14-23)30-27(33)21-6-3-5-19(2)13-21/h3-14,16H,17H2,1-2H3,(H,30,33)(H,31,32). The lowest BCUT2D eigenvalue weighted by Crippen LogP contribution is -2.14. The van der Waals surface area contributed by atoms with Crippen LogP contribution in [0.15, 0.2) is 83.1 Å². The van der Waals surface area contributed by atoms with Gasteiger partial charge in [-0.3, -0.25) is 9.59 Å². The van der Waals surface area contributed by atoms with Crippen LogP contribution < -0.4 is 10.6 Å². The molecule has 2 N–H and O–H groups in total. The Morgan fingerprint density at radius 3 is 2.46 bits per heavy atom. The highest BCUT2D eigenvalue weighted by atomic mass is 32.2. The predicted molar refractivity (Wildman–Crippen MR) is 144 cm³/mol. The minimum atomic E-state index is -0.196. The van der Waals surface area contributed by atoms with Crippen LogP contribution in [-0.2, 0) is 4.79 Å². The van der Waals surface area contributed by atoms with Crippen LogP contribution in [0.2, 0.25) is 0 Å². The number of nitrogens with zero attached hydrogens (tertiary/aromatic N) is 1. The van der Waals surface area contributed by atoms with Crippen molar-refractivity contribution in [2.24, 2.45) is 0 Å². The number of thiophene rings is 1. The van der Waals surface area contributed by atoms with Crippen molar-refractivity contribution in [2.75, 3.05) is 16.4 Å². The summed E-state index contributed by atoms with van der Waals surface area (Å²) in [6.07, 6.45) is 0. The normalized spacial score (nSPS) is 10.4. The summed E-state index contributed by atoms with van der Waals surface area (Å²) in [4.78, 5) is 26.0. The summed E-state index contributed by atoms with van der Waals surface area (Å²) >= 11 is 2.71. The Kier molecular flexibility index (Phi) is 7.66. The van der Waals surface area contributed by atoms with Crippen LogP contribution in [-0.4, -0.2) is 17.6 Å². The molecule has 0 unspecified atom stereocenters. The Labute approximate surface area is 212 Å². The molecule has 0 saturated heterocycles. The van der Waals surface area contributed by atoms with E-state index in [1.54, 1.807) is 6.07 Å². The first-order chi connectivity index (χ1) is 16.9. The second-order valence-corrected chi connectivity index (χ2v) is 9.95. The van der Waals surface area contributed by atoms with Crippen molar-refractivity contribution in [3.63, 3.8) is 0 Å². The number of amides is 2. The summed E-state index contributed by atoms with van der Waals surface area (Å²) in [5.74, 6) is -0.199. The number of nitrogens with one attached hydrogen (secondary N) is 2. The van der Waals surface area contributed by atoms with E-state index in [-0.39, 0.29) is 17.6 Å². The molecule has 0 spiro atoms. The number of rotatable bonds is 7. The SMILES string of the molecule is Cc1ccc(-c2csc(NC(=O)CSc3cccc(NC(=O)c4cccc(C)c4)c3)c2C#N)cc1.